The van der Waals surface area contributed by atoms with Crippen LogP contribution in [-0.2, 0) is 0 Å². The first-order valence-electron chi connectivity index (χ1n) is 3.18. The van der Waals surface area contributed by atoms with Crippen molar-refractivity contribution in [1.82, 2.24) is 0 Å². The summed E-state index contributed by atoms with van der Waals surface area (Å²) < 4.78 is 1.25. The molecule has 0 radical (unpaired) electrons. The lowest BCUT2D eigenvalue weighted by molar-refractivity contribution is 0.710. The molecule has 0 aromatic heterocycles. The molecule has 0 bridgehead atoms. The molecular weight excluding hydrogens is 176 g/mol. The van der Waals surface area contributed by atoms with Gasteiger partial charge in [-0.15, -0.1) is 6.42 Å². The maximum Gasteiger partial charge on any atom is 0.0119 e. The van der Waals surface area contributed by atoms with Gasteiger partial charge < -0.3 is 0 Å². The van der Waals surface area contributed by atoms with Crippen molar-refractivity contribution >= 4 is 15.9 Å². The van der Waals surface area contributed by atoms with Crippen molar-refractivity contribution in [2.24, 2.45) is 0 Å². The van der Waals surface area contributed by atoms with Crippen LogP contribution in [0.15, 0.2) is 10.1 Å². The third-order valence-electron chi connectivity index (χ3n) is 1.57. The highest BCUT2D eigenvalue weighted by Gasteiger charge is 2.06. The Morgan fingerprint density at radius 3 is 2.44 bits per heavy atom. The normalized spacial score (nSPS) is 19.6. The summed E-state index contributed by atoms with van der Waals surface area (Å²) in [7, 11) is 0. The zero-order valence-electron chi connectivity index (χ0n) is 5.28. The Hall–Kier alpha value is -0.220. The molecule has 0 heterocycles. The molecule has 0 aromatic carbocycles. The van der Waals surface area contributed by atoms with E-state index in [1.54, 1.807) is 0 Å². The van der Waals surface area contributed by atoms with Crippen molar-refractivity contribution in [3.05, 3.63) is 10.1 Å². The Morgan fingerprint density at radius 2 is 2.00 bits per heavy atom. The second-order valence-electron chi connectivity index (χ2n) is 2.23. The van der Waals surface area contributed by atoms with E-state index in [1.165, 1.54) is 22.9 Å². The maximum atomic E-state index is 5.26. The molecule has 1 aliphatic rings. The lowest BCUT2D eigenvalue weighted by Gasteiger charge is -2.10. The molecule has 48 valence electrons. The van der Waals surface area contributed by atoms with Gasteiger partial charge in [-0.1, -0.05) is 21.9 Å². The molecule has 0 saturated carbocycles. The average Bonchev–Trinajstić information content (AvgIpc) is 1.89. The Kier molecular flexibility index (Phi) is 2.36. The van der Waals surface area contributed by atoms with Crippen LogP contribution >= 0.6 is 15.9 Å². The summed E-state index contributed by atoms with van der Waals surface area (Å²) in [6.45, 7) is 0. The van der Waals surface area contributed by atoms with Crippen LogP contribution in [0.2, 0.25) is 0 Å². The van der Waals surface area contributed by atoms with Crippen LogP contribution in [0, 0.1) is 12.3 Å². The van der Waals surface area contributed by atoms with E-state index >= 15 is 0 Å². The molecule has 0 unspecified atom stereocenters. The highest BCUT2D eigenvalue weighted by atomic mass is 79.9. The van der Waals surface area contributed by atoms with Gasteiger partial charge in [-0.3, -0.25) is 0 Å². The van der Waals surface area contributed by atoms with E-state index in [4.69, 9.17) is 6.42 Å². The third-order valence-corrected chi connectivity index (χ3v) is 2.45. The van der Waals surface area contributed by atoms with E-state index in [9.17, 15) is 0 Å². The van der Waals surface area contributed by atoms with Gasteiger partial charge in [0.15, 0.2) is 0 Å². The number of allylic oxidation sites excluding steroid dienone is 2. The Labute approximate surface area is 64.5 Å². The lowest BCUT2D eigenvalue weighted by Crippen LogP contribution is -1.92. The lowest BCUT2D eigenvalue weighted by atomic mass is 10.0. The van der Waals surface area contributed by atoms with Gasteiger partial charge in [0, 0.05) is 10.1 Å². The van der Waals surface area contributed by atoms with Crippen molar-refractivity contribution < 1.29 is 0 Å². The summed E-state index contributed by atoms with van der Waals surface area (Å²) in [5.41, 5.74) is 1.17. The van der Waals surface area contributed by atoms with Gasteiger partial charge in [0.25, 0.3) is 0 Å². The van der Waals surface area contributed by atoms with E-state index in [1.807, 2.05) is 0 Å². The smallest absolute Gasteiger partial charge is 0.0119 e. The van der Waals surface area contributed by atoms with Crippen LogP contribution < -0.4 is 0 Å². The number of hydrogen-bond donors (Lipinski definition) is 0. The van der Waals surface area contributed by atoms with E-state index in [2.05, 4.69) is 21.9 Å². The predicted molar refractivity (Wildman–Crippen MR) is 43.3 cm³/mol. The van der Waals surface area contributed by atoms with Gasteiger partial charge in [0.05, 0.1) is 0 Å². The van der Waals surface area contributed by atoms with Gasteiger partial charge in [0.1, 0.15) is 0 Å². The van der Waals surface area contributed by atoms with E-state index in [-0.39, 0.29) is 0 Å². The van der Waals surface area contributed by atoms with E-state index < -0.39 is 0 Å². The number of halogens is 1. The van der Waals surface area contributed by atoms with Crippen molar-refractivity contribution in [2.45, 2.75) is 25.7 Å². The third kappa shape index (κ3) is 1.59. The molecule has 1 aliphatic carbocycles. The van der Waals surface area contributed by atoms with Crippen molar-refractivity contribution in [3.8, 4) is 12.3 Å². The van der Waals surface area contributed by atoms with Crippen LogP contribution in [0.25, 0.3) is 0 Å². The summed E-state index contributed by atoms with van der Waals surface area (Å²) in [6, 6.07) is 0. The fourth-order valence-corrected chi connectivity index (χ4v) is 1.61. The molecule has 1 rings (SSSR count). The minimum atomic E-state index is 1.09. The summed E-state index contributed by atoms with van der Waals surface area (Å²) in [5, 5.41) is 0. The molecule has 1 heteroatoms. The molecule has 0 nitrogen and oxygen atoms in total. The average molecular weight is 185 g/mol. The molecule has 0 N–H and O–H groups in total. The highest BCUT2D eigenvalue weighted by Crippen LogP contribution is 2.27. The van der Waals surface area contributed by atoms with Crippen LogP contribution in [0.1, 0.15) is 25.7 Å². The van der Waals surface area contributed by atoms with E-state index in [0.29, 0.717) is 0 Å². The fraction of sp³-hybridized carbons (Fsp3) is 0.500. The first-order valence-corrected chi connectivity index (χ1v) is 3.98. The Balaban J connectivity index is 2.74. The van der Waals surface area contributed by atoms with Crippen molar-refractivity contribution in [2.75, 3.05) is 0 Å². The van der Waals surface area contributed by atoms with Crippen LogP contribution in [-0.4, -0.2) is 0 Å². The van der Waals surface area contributed by atoms with E-state index in [0.717, 1.165) is 12.8 Å². The van der Waals surface area contributed by atoms with Gasteiger partial charge in [-0.05, 0) is 25.7 Å². The van der Waals surface area contributed by atoms with Gasteiger partial charge in [-0.2, -0.15) is 0 Å². The highest BCUT2D eigenvalue weighted by molar-refractivity contribution is 9.11. The standard InChI is InChI=1S/C8H9Br/c1-2-7-5-3-4-6-8(7)9/h1H,3-6H2. The summed E-state index contributed by atoms with van der Waals surface area (Å²) >= 11 is 3.45. The predicted octanol–water partition coefficient (Wildman–Crippen LogP) is 2.84. The zero-order chi connectivity index (χ0) is 6.69. The molecule has 0 atom stereocenters. The molecule has 0 amide bonds. The molecular formula is C8H9Br. The molecule has 0 spiro atoms. The molecule has 0 aliphatic heterocycles. The minimum Gasteiger partial charge on any atom is -0.115 e. The molecule has 0 saturated heterocycles. The summed E-state index contributed by atoms with van der Waals surface area (Å²) in [6.07, 6.45) is 10.0. The fourth-order valence-electron chi connectivity index (χ4n) is 1.02. The number of hydrogen-bond acceptors (Lipinski definition) is 0. The number of rotatable bonds is 0. The van der Waals surface area contributed by atoms with Crippen molar-refractivity contribution in [1.29, 1.82) is 0 Å². The largest absolute Gasteiger partial charge is 0.115 e. The summed E-state index contributed by atoms with van der Waals surface area (Å²) in [5.74, 6) is 2.69. The SMILES string of the molecule is C#CC1=C(Br)CCCC1. The molecule has 0 fully saturated rings. The van der Waals surface area contributed by atoms with Crippen LogP contribution in [0.5, 0.6) is 0 Å². The van der Waals surface area contributed by atoms with Crippen molar-refractivity contribution in [3.63, 3.8) is 0 Å². The molecule has 9 heavy (non-hydrogen) atoms. The zero-order valence-corrected chi connectivity index (χ0v) is 6.87. The van der Waals surface area contributed by atoms with Crippen LogP contribution in [0.3, 0.4) is 0 Å². The summed E-state index contributed by atoms with van der Waals surface area (Å²) in [4.78, 5) is 0. The first-order chi connectivity index (χ1) is 4.34. The first kappa shape index (κ1) is 6.89. The van der Waals surface area contributed by atoms with Gasteiger partial charge in [0.2, 0.25) is 0 Å². The maximum absolute atomic E-state index is 5.26. The quantitative estimate of drug-likeness (QED) is 0.509. The minimum absolute atomic E-state index is 1.09. The monoisotopic (exact) mass is 184 g/mol. The second kappa shape index (κ2) is 3.08. The van der Waals surface area contributed by atoms with Crippen LogP contribution in [0.4, 0.5) is 0 Å². The Bertz CT molecular complexity index is 171. The second-order valence-corrected chi connectivity index (χ2v) is 3.19. The van der Waals surface area contributed by atoms with Gasteiger partial charge in [-0.25, -0.2) is 0 Å². The molecule has 0 aromatic rings. The Morgan fingerprint density at radius 1 is 1.33 bits per heavy atom. The number of terminal acetylenes is 1. The van der Waals surface area contributed by atoms with Gasteiger partial charge >= 0.3 is 0 Å². The topological polar surface area (TPSA) is 0 Å².